The molecule has 214 valence electrons. The zero-order chi connectivity index (χ0) is 29.3. The Hall–Kier alpha value is -3.47. The summed E-state index contributed by atoms with van der Waals surface area (Å²) in [6.07, 6.45) is 2.03. The average Bonchev–Trinajstić information content (AvgIpc) is 3.49. The Labute approximate surface area is 242 Å². The van der Waals surface area contributed by atoms with E-state index in [0.717, 1.165) is 12.8 Å². The number of hydrogen-bond donors (Lipinski definition) is 2. The number of likely N-dealkylation sites (tertiary alicyclic amines) is 1. The Balaban J connectivity index is 1.65. The maximum atomic E-state index is 12.8. The predicted octanol–water partition coefficient (Wildman–Crippen LogP) is 3.43. The first-order valence-electron chi connectivity index (χ1n) is 12.7. The second kappa shape index (κ2) is 14.2. The molecule has 40 heavy (non-hydrogen) atoms. The standard InChI is InChI=1S/C28H31Cl2N3O7/c1-39-26(37)22(32-23(35)12-13-28(17-34,27(38)40-2)33-14-3-4-15-33)16-18-8-10-19(11-9-18)31-25(36)24-20(29)6-5-7-21(24)30/h5-11,17,22H,3-4,12-16H2,1-2H3,(H,31,36)(H,32,35)/t22-,28?/m0/s1. The molecule has 0 spiro atoms. The number of anilines is 1. The van der Waals surface area contributed by atoms with E-state index in [0.29, 0.717) is 30.6 Å². The molecule has 0 saturated carbocycles. The Morgan fingerprint density at radius 2 is 1.62 bits per heavy atom. The minimum absolute atomic E-state index is 0.0905. The van der Waals surface area contributed by atoms with E-state index >= 15 is 0 Å². The summed E-state index contributed by atoms with van der Waals surface area (Å²) in [4.78, 5) is 64.3. The third kappa shape index (κ3) is 7.38. The summed E-state index contributed by atoms with van der Waals surface area (Å²) in [6.45, 7) is 1.09. The lowest BCUT2D eigenvalue weighted by atomic mass is 9.92. The number of nitrogens with one attached hydrogen (secondary N) is 2. The number of rotatable bonds is 12. The Bertz CT molecular complexity index is 1230. The van der Waals surface area contributed by atoms with Gasteiger partial charge in [-0.15, -0.1) is 0 Å². The van der Waals surface area contributed by atoms with Gasteiger partial charge in [-0.1, -0.05) is 41.4 Å². The Morgan fingerprint density at radius 1 is 1.00 bits per heavy atom. The summed E-state index contributed by atoms with van der Waals surface area (Å²) >= 11 is 12.2. The smallest absolute Gasteiger partial charge is 0.333 e. The van der Waals surface area contributed by atoms with Crippen molar-refractivity contribution in [1.82, 2.24) is 10.2 Å². The van der Waals surface area contributed by atoms with Gasteiger partial charge in [0.25, 0.3) is 5.91 Å². The normalized spacial score (nSPS) is 15.4. The van der Waals surface area contributed by atoms with Crippen molar-refractivity contribution in [3.63, 3.8) is 0 Å². The first kappa shape index (κ1) is 31.1. The first-order chi connectivity index (χ1) is 19.1. The topological polar surface area (TPSA) is 131 Å². The molecular formula is C28H31Cl2N3O7. The van der Waals surface area contributed by atoms with Gasteiger partial charge in [0.15, 0.2) is 11.8 Å². The maximum Gasteiger partial charge on any atom is 0.333 e. The second-order valence-corrected chi connectivity index (χ2v) is 10.1. The largest absolute Gasteiger partial charge is 0.467 e. The van der Waals surface area contributed by atoms with Crippen LogP contribution in [0.1, 0.15) is 41.6 Å². The van der Waals surface area contributed by atoms with Crippen molar-refractivity contribution in [2.24, 2.45) is 0 Å². The average molecular weight is 592 g/mol. The molecular weight excluding hydrogens is 561 g/mol. The molecule has 1 unspecified atom stereocenters. The van der Waals surface area contributed by atoms with Gasteiger partial charge in [-0.2, -0.15) is 0 Å². The van der Waals surface area contributed by atoms with Crippen LogP contribution in [-0.4, -0.2) is 73.8 Å². The van der Waals surface area contributed by atoms with Crippen LogP contribution in [0.3, 0.4) is 0 Å². The molecule has 1 saturated heterocycles. The number of carbonyl (C=O) groups excluding carboxylic acids is 5. The van der Waals surface area contributed by atoms with Crippen molar-refractivity contribution < 1.29 is 33.4 Å². The number of nitrogens with zero attached hydrogens (tertiary/aromatic N) is 1. The zero-order valence-electron chi connectivity index (χ0n) is 22.2. The molecule has 2 aromatic carbocycles. The van der Waals surface area contributed by atoms with Crippen LogP contribution in [0.4, 0.5) is 5.69 Å². The lowest BCUT2D eigenvalue weighted by Crippen LogP contribution is -2.56. The number of carbonyl (C=O) groups is 5. The molecule has 0 bridgehead atoms. The zero-order valence-corrected chi connectivity index (χ0v) is 23.7. The molecule has 0 radical (unpaired) electrons. The van der Waals surface area contributed by atoms with Gasteiger partial charge in [0.1, 0.15) is 6.04 Å². The predicted molar refractivity (Wildman–Crippen MR) is 149 cm³/mol. The van der Waals surface area contributed by atoms with Crippen LogP contribution in [0, 0.1) is 0 Å². The van der Waals surface area contributed by atoms with Crippen LogP contribution in [0.25, 0.3) is 0 Å². The lowest BCUT2D eigenvalue weighted by molar-refractivity contribution is -0.157. The number of amides is 2. The van der Waals surface area contributed by atoms with Gasteiger partial charge in [-0.3, -0.25) is 14.5 Å². The Kier molecular flexibility index (Phi) is 11.1. The summed E-state index contributed by atoms with van der Waals surface area (Å²) in [5, 5.41) is 5.80. The highest BCUT2D eigenvalue weighted by atomic mass is 35.5. The van der Waals surface area contributed by atoms with E-state index in [-0.39, 0.29) is 34.9 Å². The third-order valence-electron chi connectivity index (χ3n) is 6.80. The maximum absolute atomic E-state index is 12.8. The third-order valence-corrected chi connectivity index (χ3v) is 7.43. The highest BCUT2D eigenvalue weighted by Crippen LogP contribution is 2.27. The van der Waals surface area contributed by atoms with Crippen molar-refractivity contribution in [3.05, 3.63) is 63.6 Å². The summed E-state index contributed by atoms with van der Waals surface area (Å²) < 4.78 is 9.74. The molecule has 0 aliphatic carbocycles. The molecule has 12 heteroatoms. The summed E-state index contributed by atoms with van der Waals surface area (Å²) in [7, 11) is 2.41. The van der Waals surface area contributed by atoms with Gasteiger partial charge in [0, 0.05) is 18.5 Å². The van der Waals surface area contributed by atoms with Gasteiger partial charge >= 0.3 is 11.9 Å². The molecule has 1 heterocycles. The molecule has 1 aliphatic heterocycles. The fraction of sp³-hybridized carbons (Fsp3) is 0.393. The lowest BCUT2D eigenvalue weighted by Gasteiger charge is -2.34. The highest BCUT2D eigenvalue weighted by Gasteiger charge is 2.46. The number of esters is 2. The molecule has 2 amide bonds. The highest BCUT2D eigenvalue weighted by molar-refractivity contribution is 6.40. The monoisotopic (exact) mass is 591 g/mol. The quantitative estimate of drug-likeness (QED) is 0.218. The van der Waals surface area contributed by atoms with E-state index in [1.165, 1.54) is 14.2 Å². The number of aldehydes is 1. The van der Waals surface area contributed by atoms with Crippen LogP contribution < -0.4 is 10.6 Å². The van der Waals surface area contributed by atoms with Gasteiger partial charge in [0.05, 0.1) is 29.8 Å². The van der Waals surface area contributed by atoms with Gasteiger partial charge in [-0.05, 0) is 62.2 Å². The minimum atomic E-state index is -1.56. The van der Waals surface area contributed by atoms with Crippen molar-refractivity contribution in [2.45, 2.75) is 43.7 Å². The molecule has 10 nitrogen and oxygen atoms in total. The minimum Gasteiger partial charge on any atom is -0.467 e. The van der Waals surface area contributed by atoms with E-state index in [9.17, 15) is 24.0 Å². The number of halogens is 2. The summed E-state index contributed by atoms with van der Waals surface area (Å²) in [5.74, 6) is -2.38. The SMILES string of the molecule is COC(=O)[C@H](Cc1ccc(NC(=O)c2c(Cl)cccc2Cl)cc1)NC(=O)CCC(C=O)(C(=O)OC)N1CCCC1. The first-order valence-corrected chi connectivity index (χ1v) is 13.4. The van der Waals surface area contributed by atoms with Crippen molar-refractivity contribution in [1.29, 1.82) is 0 Å². The van der Waals surface area contributed by atoms with Crippen LogP contribution >= 0.6 is 23.2 Å². The van der Waals surface area contributed by atoms with E-state index in [2.05, 4.69) is 10.6 Å². The van der Waals surface area contributed by atoms with Crippen LogP contribution in [-0.2, 0) is 35.1 Å². The van der Waals surface area contributed by atoms with E-state index in [1.54, 1.807) is 47.4 Å². The number of benzene rings is 2. The fourth-order valence-electron chi connectivity index (χ4n) is 4.64. The molecule has 1 fully saturated rings. The van der Waals surface area contributed by atoms with Crippen LogP contribution in [0.5, 0.6) is 0 Å². The molecule has 0 aromatic heterocycles. The Morgan fingerprint density at radius 3 is 2.17 bits per heavy atom. The summed E-state index contributed by atoms with van der Waals surface area (Å²) in [6, 6.07) is 10.4. The van der Waals surface area contributed by atoms with E-state index in [4.69, 9.17) is 32.7 Å². The molecule has 3 rings (SSSR count). The van der Waals surface area contributed by atoms with Gasteiger partial charge in [-0.25, -0.2) is 9.59 Å². The second-order valence-electron chi connectivity index (χ2n) is 9.32. The summed E-state index contributed by atoms with van der Waals surface area (Å²) in [5.41, 5.74) is -0.256. The van der Waals surface area contributed by atoms with Crippen molar-refractivity contribution in [2.75, 3.05) is 32.6 Å². The van der Waals surface area contributed by atoms with E-state index < -0.39 is 35.3 Å². The molecule has 1 aliphatic rings. The molecule has 2 N–H and O–H groups in total. The fourth-order valence-corrected chi connectivity index (χ4v) is 5.21. The molecule has 2 atom stereocenters. The number of methoxy groups -OCH3 is 2. The van der Waals surface area contributed by atoms with Crippen molar-refractivity contribution in [3.8, 4) is 0 Å². The van der Waals surface area contributed by atoms with Gasteiger partial charge < -0.3 is 24.9 Å². The van der Waals surface area contributed by atoms with Gasteiger partial charge in [0.2, 0.25) is 5.91 Å². The van der Waals surface area contributed by atoms with E-state index in [1.807, 2.05) is 0 Å². The number of hydrogen-bond acceptors (Lipinski definition) is 8. The van der Waals surface area contributed by atoms with Crippen molar-refractivity contribution >= 4 is 58.9 Å². The van der Waals surface area contributed by atoms with Crippen LogP contribution in [0.15, 0.2) is 42.5 Å². The number of ether oxygens (including phenoxy) is 2. The van der Waals surface area contributed by atoms with Crippen LogP contribution in [0.2, 0.25) is 10.0 Å². The molecule has 2 aromatic rings.